The molecule has 8 nitrogen and oxygen atoms in total. The largest absolute Gasteiger partial charge is 0.379 e. The van der Waals surface area contributed by atoms with Gasteiger partial charge in [-0.3, -0.25) is 19.6 Å². The van der Waals surface area contributed by atoms with E-state index in [-0.39, 0.29) is 35.9 Å². The molecule has 2 heterocycles. The number of ether oxygens (including phenoxy) is 1. The molecule has 2 N–H and O–H groups in total. The van der Waals surface area contributed by atoms with Gasteiger partial charge in [0.15, 0.2) is 5.96 Å². The molecule has 1 atom stereocenters. The number of halogens is 1. The Morgan fingerprint density at radius 3 is 2.25 bits per heavy atom. The normalized spacial score (nSPS) is 20.6. The van der Waals surface area contributed by atoms with Crippen molar-refractivity contribution in [1.82, 2.24) is 25.3 Å². The molecule has 2 saturated heterocycles. The van der Waals surface area contributed by atoms with Gasteiger partial charge in [-0.25, -0.2) is 0 Å². The van der Waals surface area contributed by atoms with Crippen LogP contribution in [0.25, 0.3) is 0 Å². The zero-order valence-electron chi connectivity index (χ0n) is 17.9. The van der Waals surface area contributed by atoms with E-state index in [9.17, 15) is 4.79 Å². The maximum atomic E-state index is 11.9. The molecule has 2 fully saturated rings. The number of carbonyl (C=O) groups is 1. The van der Waals surface area contributed by atoms with E-state index in [0.717, 1.165) is 71.5 Å². The Hall–Kier alpha value is -0.650. The fourth-order valence-electron chi connectivity index (χ4n) is 3.58. The van der Waals surface area contributed by atoms with Crippen LogP contribution in [0, 0.1) is 5.92 Å². The summed E-state index contributed by atoms with van der Waals surface area (Å²) in [7, 11) is 1.84. The monoisotopic (exact) mass is 510 g/mol. The number of nitrogens with zero attached hydrogens (tertiary/aromatic N) is 4. The fraction of sp³-hybridized carbons (Fsp3) is 0.895. The highest BCUT2D eigenvalue weighted by molar-refractivity contribution is 14.0. The minimum atomic E-state index is 0. The van der Waals surface area contributed by atoms with Crippen molar-refractivity contribution >= 4 is 35.8 Å². The highest BCUT2D eigenvalue weighted by Crippen LogP contribution is 2.05. The third-order valence-corrected chi connectivity index (χ3v) is 4.98. The van der Waals surface area contributed by atoms with Gasteiger partial charge >= 0.3 is 0 Å². The topological polar surface area (TPSA) is 72.4 Å². The number of nitrogens with one attached hydrogen (secondary N) is 2. The molecule has 1 unspecified atom stereocenters. The number of piperazine rings is 1. The van der Waals surface area contributed by atoms with Gasteiger partial charge in [-0.2, -0.15) is 0 Å². The van der Waals surface area contributed by atoms with Crippen LogP contribution < -0.4 is 10.6 Å². The summed E-state index contributed by atoms with van der Waals surface area (Å²) in [5.74, 6) is 1.63. The maximum Gasteiger partial charge on any atom is 0.234 e. The van der Waals surface area contributed by atoms with E-state index in [1.807, 2.05) is 20.9 Å². The van der Waals surface area contributed by atoms with Crippen LogP contribution in [0.15, 0.2) is 4.99 Å². The molecule has 9 heteroatoms. The second-order valence-electron chi connectivity index (χ2n) is 7.93. The summed E-state index contributed by atoms with van der Waals surface area (Å²) in [6.07, 6.45) is 0. The lowest BCUT2D eigenvalue weighted by Gasteiger charge is -2.36. The Kier molecular flexibility index (Phi) is 12.3. The Balaban J connectivity index is 0.00000392. The predicted octanol–water partition coefficient (Wildman–Crippen LogP) is 0.290. The summed E-state index contributed by atoms with van der Waals surface area (Å²) in [6, 6.07) is 0.196. The number of carbonyl (C=O) groups excluding carboxylic acids is 1. The summed E-state index contributed by atoms with van der Waals surface area (Å²) in [6.45, 7) is 16.1. The zero-order chi connectivity index (χ0) is 19.6. The number of rotatable bonds is 7. The van der Waals surface area contributed by atoms with Gasteiger partial charge in [-0.05, 0) is 19.8 Å². The summed E-state index contributed by atoms with van der Waals surface area (Å²) >= 11 is 0. The Labute approximate surface area is 187 Å². The number of morpholine rings is 1. The molecular formula is C19H39IN6O2. The molecule has 2 rings (SSSR count). The second-order valence-corrected chi connectivity index (χ2v) is 7.93. The van der Waals surface area contributed by atoms with Crippen molar-refractivity contribution in [1.29, 1.82) is 0 Å². The minimum absolute atomic E-state index is 0. The Bertz CT molecular complexity index is 477. The van der Waals surface area contributed by atoms with Crippen LogP contribution in [0.5, 0.6) is 0 Å². The van der Waals surface area contributed by atoms with Gasteiger partial charge in [0, 0.05) is 65.4 Å². The summed E-state index contributed by atoms with van der Waals surface area (Å²) in [5, 5.41) is 6.49. The average Bonchev–Trinajstić information content (AvgIpc) is 2.63. The molecule has 28 heavy (non-hydrogen) atoms. The third-order valence-electron chi connectivity index (χ3n) is 4.98. The maximum absolute atomic E-state index is 11.9. The van der Waals surface area contributed by atoms with E-state index in [1.165, 1.54) is 0 Å². The van der Waals surface area contributed by atoms with E-state index in [1.54, 1.807) is 0 Å². The first kappa shape index (κ1) is 25.4. The summed E-state index contributed by atoms with van der Waals surface area (Å²) in [5.41, 5.74) is 0. The SMILES string of the molecule is CN=C(NCC(C)CN1CCOCC1)N1CCN(CC(=O)NC(C)C)CC1.I. The molecule has 0 aromatic heterocycles. The highest BCUT2D eigenvalue weighted by Gasteiger charge is 2.22. The molecule has 1 amide bonds. The molecule has 0 radical (unpaired) electrons. The van der Waals surface area contributed by atoms with E-state index < -0.39 is 0 Å². The lowest BCUT2D eigenvalue weighted by molar-refractivity contribution is -0.123. The van der Waals surface area contributed by atoms with E-state index in [0.29, 0.717) is 12.5 Å². The van der Waals surface area contributed by atoms with E-state index >= 15 is 0 Å². The molecule has 0 aromatic carbocycles. The number of aliphatic imine (C=N–C) groups is 1. The van der Waals surface area contributed by atoms with Gasteiger partial charge in [0.25, 0.3) is 0 Å². The number of hydrogen-bond acceptors (Lipinski definition) is 5. The van der Waals surface area contributed by atoms with Crippen LogP contribution in [0.1, 0.15) is 20.8 Å². The van der Waals surface area contributed by atoms with Crippen LogP contribution in [0.3, 0.4) is 0 Å². The molecule has 0 saturated carbocycles. The fourth-order valence-corrected chi connectivity index (χ4v) is 3.58. The minimum Gasteiger partial charge on any atom is -0.379 e. The van der Waals surface area contributed by atoms with Gasteiger partial charge in [-0.1, -0.05) is 6.92 Å². The van der Waals surface area contributed by atoms with Gasteiger partial charge in [0.2, 0.25) is 5.91 Å². The first-order valence-electron chi connectivity index (χ1n) is 10.3. The number of hydrogen-bond donors (Lipinski definition) is 2. The van der Waals surface area contributed by atoms with Crippen LogP contribution >= 0.6 is 24.0 Å². The first-order chi connectivity index (χ1) is 13.0. The van der Waals surface area contributed by atoms with Crippen LogP contribution in [0.2, 0.25) is 0 Å². The van der Waals surface area contributed by atoms with E-state index in [4.69, 9.17) is 4.74 Å². The van der Waals surface area contributed by atoms with Crippen LogP contribution in [0.4, 0.5) is 0 Å². The number of amides is 1. The molecule has 164 valence electrons. The van der Waals surface area contributed by atoms with Crippen molar-refractivity contribution in [3.8, 4) is 0 Å². The Morgan fingerprint density at radius 2 is 1.68 bits per heavy atom. The molecule has 0 bridgehead atoms. The van der Waals surface area contributed by atoms with Gasteiger partial charge in [-0.15, -0.1) is 24.0 Å². The van der Waals surface area contributed by atoms with Crippen LogP contribution in [-0.4, -0.2) is 112 Å². The quantitative estimate of drug-likeness (QED) is 0.292. The van der Waals surface area contributed by atoms with Crippen molar-refractivity contribution in [3.63, 3.8) is 0 Å². The lowest BCUT2D eigenvalue weighted by Crippen LogP contribution is -2.54. The Morgan fingerprint density at radius 1 is 1.04 bits per heavy atom. The number of guanidine groups is 1. The van der Waals surface area contributed by atoms with Crippen molar-refractivity contribution in [2.24, 2.45) is 10.9 Å². The third kappa shape index (κ3) is 9.23. The summed E-state index contributed by atoms with van der Waals surface area (Å²) < 4.78 is 5.42. The molecule has 2 aliphatic heterocycles. The van der Waals surface area contributed by atoms with Crippen molar-refractivity contribution < 1.29 is 9.53 Å². The molecule has 0 aliphatic carbocycles. The average molecular weight is 510 g/mol. The summed E-state index contributed by atoms with van der Waals surface area (Å²) in [4.78, 5) is 23.3. The van der Waals surface area contributed by atoms with Gasteiger partial charge < -0.3 is 20.3 Å². The first-order valence-corrected chi connectivity index (χ1v) is 10.3. The van der Waals surface area contributed by atoms with E-state index in [2.05, 4.69) is 37.2 Å². The van der Waals surface area contributed by atoms with Crippen molar-refractivity contribution in [2.45, 2.75) is 26.8 Å². The second kappa shape index (κ2) is 13.6. The lowest BCUT2D eigenvalue weighted by atomic mass is 10.1. The van der Waals surface area contributed by atoms with Gasteiger partial charge in [0.05, 0.1) is 19.8 Å². The predicted molar refractivity (Wildman–Crippen MR) is 124 cm³/mol. The molecular weight excluding hydrogens is 471 g/mol. The molecule has 2 aliphatic rings. The highest BCUT2D eigenvalue weighted by atomic mass is 127. The standard InChI is InChI=1S/C19H38N6O2.HI/c1-16(2)22-18(26)15-23-5-7-25(8-6-23)19(20-4)21-13-17(3)14-24-9-11-27-12-10-24;/h16-17H,5-15H2,1-4H3,(H,20,21)(H,22,26);1H. The van der Waals surface area contributed by atoms with Crippen molar-refractivity contribution in [2.75, 3.05) is 79.2 Å². The molecule has 0 spiro atoms. The smallest absolute Gasteiger partial charge is 0.234 e. The molecule has 0 aromatic rings. The van der Waals surface area contributed by atoms with Crippen molar-refractivity contribution in [3.05, 3.63) is 0 Å². The van der Waals surface area contributed by atoms with Gasteiger partial charge in [0.1, 0.15) is 0 Å². The van der Waals surface area contributed by atoms with Crippen LogP contribution in [-0.2, 0) is 9.53 Å². The zero-order valence-corrected chi connectivity index (χ0v) is 20.3.